The Morgan fingerprint density at radius 3 is 2.81 bits per heavy atom. The number of hydrogen-bond acceptors (Lipinski definition) is 2. The summed E-state index contributed by atoms with van der Waals surface area (Å²) >= 11 is 5.93. The van der Waals surface area contributed by atoms with E-state index in [0.717, 1.165) is 18.0 Å². The zero-order valence-corrected chi connectivity index (χ0v) is 10.5. The maximum Gasteiger partial charge on any atom is 0.0638 e. The van der Waals surface area contributed by atoms with Gasteiger partial charge in [-0.15, -0.1) is 0 Å². The van der Waals surface area contributed by atoms with Crippen molar-refractivity contribution in [2.45, 2.75) is 32.4 Å². The SMILES string of the molecule is CCC(CC#N)N(C)Cc1cccc(Cl)c1. The molecule has 2 nitrogen and oxygen atoms in total. The summed E-state index contributed by atoms with van der Waals surface area (Å²) in [6.45, 7) is 2.94. The quantitative estimate of drug-likeness (QED) is 0.783. The third-order valence-electron chi connectivity index (χ3n) is 2.74. The van der Waals surface area contributed by atoms with Gasteiger partial charge in [-0.3, -0.25) is 4.90 Å². The molecule has 3 heteroatoms. The van der Waals surface area contributed by atoms with E-state index in [-0.39, 0.29) is 0 Å². The molecule has 0 aliphatic heterocycles. The van der Waals surface area contributed by atoms with Gasteiger partial charge in [-0.1, -0.05) is 30.7 Å². The van der Waals surface area contributed by atoms with Gasteiger partial charge < -0.3 is 0 Å². The molecule has 0 saturated carbocycles. The van der Waals surface area contributed by atoms with Crippen LogP contribution in [0.15, 0.2) is 24.3 Å². The molecule has 0 aliphatic rings. The van der Waals surface area contributed by atoms with Crippen LogP contribution in [-0.4, -0.2) is 18.0 Å². The molecule has 86 valence electrons. The smallest absolute Gasteiger partial charge is 0.0638 e. The molecule has 0 spiro atoms. The van der Waals surface area contributed by atoms with Gasteiger partial charge in [0.05, 0.1) is 12.5 Å². The molecule has 16 heavy (non-hydrogen) atoms. The van der Waals surface area contributed by atoms with E-state index in [9.17, 15) is 0 Å². The molecule has 0 saturated heterocycles. The monoisotopic (exact) mass is 236 g/mol. The topological polar surface area (TPSA) is 27.0 Å². The van der Waals surface area contributed by atoms with Crippen molar-refractivity contribution in [2.75, 3.05) is 7.05 Å². The van der Waals surface area contributed by atoms with E-state index in [1.807, 2.05) is 25.2 Å². The second-order valence-electron chi connectivity index (χ2n) is 3.97. The summed E-state index contributed by atoms with van der Waals surface area (Å²) in [4.78, 5) is 2.20. The first-order valence-electron chi connectivity index (χ1n) is 5.49. The van der Waals surface area contributed by atoms with E-state index in [0.29, 0.717) is 12.5 Å². The van der Waals surface area contributed by atoms with Gasteiger partial charge in [0.1, 0.15) is 0 Å². The van der Waals surface area contributed by atoms with Gasteiger partial charge in [0.25, 0.3) is 0 Å². The van der Waals surface area contributed by atoms with Gasteiger partial charge in [-0.2, -0.15) is 5.26 Å². The highest BCUT2D eigenvalue weighted by molar-refractivity contribution is 6.30. The Hall–Kier alpha value is -1.04. The van der Waals surface area contributed by atoms with Crippen LogP contribution in [0.2, 0.25) is 5.02 Å². The van der Waals surface area contributed by atoms with Crippen molar-refractivity contribution in [1.82, 2.24) is 4.90 Å². The van der Waals surface area contributed by atoms with Crippen molar-refractivity contribution in [1.29, 1.82) is 5.26 Å². The summed E-state index contributed by atoms with van der Waals surface area (Å²) in [6, 6.07) is 10.4. The van der Waals surface area contributed by atoms with Gasteiger partial charge in [0.15, 0.2) is 0 Å². The van der Waals surface area contributed by atoms with Crippen molar-refractivity contribution in [3.05, 3.63) is 34.9 Å². The summed E-state index contributed by atoms with van der Waals surface area (Å²) in [6.07, 6.45) is 1.57. The third kappa shape index (κ3) is 3.84. The normalized spacial score (nSPS) is 12.4. The average Bonchev–Trinajstić information content (AvgIpc) is 2.25. The highest BCUT2D eigenvalue weighted by atomic mass is 35.5. The number of nitriles is 1. The van der Waals surface area contributed by atoms with E-state index in [4.69, 9.17) is 16.9 Å². The van der Waals surface area contributed by atoms with Crippen LogP contribution in [0.5, 0.6) is 0 Å². The maximum absolute atomic E-state index is 8.73. The number of halogens is 1. The Labute approximate surface area is 102 Å². The molecule has 0 aromatic heterocycles. The zero-order chi connectivity index (χ0) is 12.0. The Morgan fingerprint density at radius 2 is 2.25 bits per heavy atom. The molecule has 0 N–H and O–H groups in total. The van der Waals surface area contributed by atoms with E-state index in [1.54, 1.807) is 0 Å². The first-order valence-corrected chi connectivity index (χ1v) is 5.86. The Bertz CT molecular complexity index is 370. The summed E-state index contributed by atoms with van der Waals surface area (Å²) in [7, 11) is 2.05. The molecule has 0 aliphatic carbocycles. The number of nitrogens with zero attached hydrogens (tertiary/aromatic N) is 2. The third-order valence-corrected chi connectivity index (χ3v) is 2.98. The summed E-state index contributed by atoms with van der Waals surface area (Å²) < 4.78 is 0. The summed E-state index contributed by atoms with van der Waals surface area (Å²) in [5.41, 5.74) is 1.19. The minimum Gasteiger partial charge on any atom is -0.298 e. The Kier molecular flexibility index (Phi) is 5.31. The fourth-order valence-electron chi connectivity index (χ4n) is 1.77. The average molecular weight is 237 g/mol. The number of hydrogen-bond donors (Lipinski definition) is 0. The first-order chi connectivity index (χ1) is 7.67. The fraction of sp³-hybridized carbons (Fsp3) is 0.462. The molecular formula is C13H17ClN2. The van der Waals surface area contributed by atoms with E-state index < -0.39 is 0 Å². The molecule has 0 amide bonds. The molecule has 0 fully saturated rings. The van der Waals surface area contributed by atoms with E-state index in [2.05, 4.69) is 24.0 Å². The highest BCUT2D eigenvalue weighted by Crippen LogP contribution is 2.15. The lowest BCUT2D eigenvalue weighted by molar-refractivity contribution is 0.230. The van der Waals surface area contributed by atoms with Crippen LogP contribution in [0, 0.1) is 11.3 Å². The van der Waals surface area contributed by atoms with Crippen LogP contribution in [-0.2, 0) is 6.54 Å². The first kappa shape index (κ1) is 13.0. The summed E-state index contributed by atoms with van der Waals surface area (Å²) in [5, 5.41) is 9.49. The molecule has 1 atom stereocenters. The predicted octanol–water partition coefficient (Wildman–Crippen LogP) is 3.46. The van der Waals surface area contributed by atoms with Gasteiger partial charge in [-0.05, 0) is 31.2 Å². The molecular weight excluding hydrogens is 220 g/mol. The van der Waals surface area contributed by atoms with E-state index in [1.165, 1.54) is 5.56 Å². The van der Waals surface area contributed by atoms with Crippen LogP contribution >= 0.6 is 11.6 Å². The predicted molar refractivity (Wildman–Crippen MR) is 67.2 cm³/mol. The van der Waals surface area contributed by atoms with Gasteiger partial charge in [0.2, 0.25) is 0 Å². The lowest BCUT2D eigenvalue weighted by atomic mass is 10.1. The van der Waals surface area contributed by atoms with Crippen LogP contribution in [0.25, 0.3) is 0 Å². The molecule has 1 aromatic carbocycles. The van der Waals surface area contributed by atoms with Crippen molar-refractivity contribution in [3.63, 3.8) is 0 Å². The number of benzene rings is 1. The Morgan fingerprint density at radius 1 is 1.50 bits per heavy atom. The molecule has 1 unspecified atom stereocenters. The fourth-order valence-corrected chi connectivity index (χ4v) is 1.98. The van der Waals surface area contributed by atoms with E-state index >= 15 is 0 Å². The van der Waals surface area contributed by atoms with Gasteiger partial charge in [0, 0.05) is 17.6 Å². The minimum absolute atomic E-state index is 0.323. The minimum atomic E-state index is 0.323. The van der Waals surface area contributed by atoms with Crippen LogP contribution in [0.1, 0.15) is 25.3 Å². The largest absolute Gasteiger partial charge is 0.298 e. The molecule has 0 bridgehead atoms. The van der Waals surface area contributed by atoms with Crippen LogP contribution < -0.4 is 0 Å². The van der Waals surface area contributed by atoms with Crippen LogP contribution in [0.4, 0.5) is 0 Å². The maximum atomic E-state index is 8.73. The lowest BCUT2D eigenvalue weighted by Crippen LogP contribution is -2.30. The van der Waals surface area contributed by atoms with Crippen molar-refractivity contribution in [3.8, 4) is 6.07 Å². The Balaban J connectivity index is 2.63. The second-order valence-corrected chi connectivity index (χ2v) is 4.41. The van der Waals surface area contributed by atoms with Crippen LogP contribution in [0.3, 0.4) is 0 Å². The number of rotatable bonds is 5. The molecule has 1 aromatic rings. The summed E-state index contributed by atoms with van der Waals surface area (Å²) in [5.74, 6) is 0. The van der Waals surface area contributed by atoms with Crippen molar-refractivity contribution < 1.29 is 0 Å². The van der Waals surface area contributed by atoms with Crippen molar-refractivity contribution in [2.24, 2.45) is 0 Å². The van der Waals surface area contributed by atoms with Crippen molar-refractivity contribution >= 4 is 11.6 Å². The molecule has 1 rings (SSSR count). The van der Waals surface area contributed by atoms with Gasteiger partial charge >= 0.3 is 0 Å². The van der Waals surface area contributed by atoms with Gasteiger partial charge in [-0.25, -0.2) is 0 Å². The zero-order valence-electron chi connectivity index (χ0n) is 9.78. The second kappa shape index (κ2) is 6.52. The lowest BCUT2D eigenvalue weighted by Gasteiger charge is -2.25. The standard InChI is InChI=1S/C13H17ClN2/c1-3-13(7-8-15)16(2)10-11-5-4-6-12(14)9-11/h4-6,9,13H,3,7,10H2,1-2H3. The molecule has 0 heterocycles. The highest BCUT2D eigenvalue weighted by Gasteiger charge is 2.12. The molecule has 0 radical (unpaired) electrons.